The highest BCUT2D eigenvalue weighted by atomic mass is 16.3. The molecule has 28 heavy (non-hydrogen) atoms. The van der Waals surface area contributed by atoms with Crippen LogP contribution < -0.4 is 0 Å². The van der Waals surface area contributed by atoms with E-state index in [9.17, 15) is 10.2 Å². The molecule has 1 unspecified atom stereocenters. The lowest BCUT2D eigenvalue weighted by Crippen LogP contribution is -2.48. The van der Waals surface area contributed by atoms with Crippen LogP contribution in [0.4, 0.5) is 0 Å². The molecule has 0 saturated carbocycles. The fourth-order valence-corrected chi connectivity index (χ4v) is 3.90. The first-order chi connectivity index (χ1) is 13.7. The second kappa shape index (κ2) is 6.67. The average molecular weight is 372 g/mol. The molecule has 3 aromatic rings. The van der Waals surface area contributed by atoms with Gasteiger partial charge in [-0.25, -0.2) is 4.98 Å². The highest BCUT2D eigenvalue weighted by molar-refractivity contribution is 5.65. The summed E-state index contributed by atoms with van der Waals surface area (Å²) in [5.41, 5.74) is 2.77. The standard InChI is InChI=1S/C22H20N4O2/c27-18-11-13-25-20(21(18)28)22-23-12-14-24(22)15-26(25)19(16-7-3-1-4-8-16)17-9-5-2-6-10-17/h1-14,18-19,27-28H,15H2. The summed E-state index contributed by atoms with van der Waals surface area (Å²) in [5.74, 6) is 0.538. The minimum Gasteiger partial charge on any atom is -0.507 e. The van der Waals surface area contributed by atoms with Gasteiger partial charge in [-0.1, -0.05) is 60.7 Å². The lowest BCUT2D eigenvalue weighted by molar-refractivity contribution is -0.0112. The molecule has 0 fully saturated rings. The van der Waals surface area contributed by atoms with Gasteiger partial charge in [0.15, 0.2) is 11.6 Å². The first-order valence-electron chi connectivity index (χ1n) is 9.21. The molecule has 1 atom stereocenters. The molecule has 6 nitrogen and oxygen atoms in total. The van der Waals surface area contributed by atoms with Crippen molar-refractivity contribution in [3.05, 3.63) is 108 Å². The van der Waals surface area contributed by atoms with Gasteiger partial charge >= 0.3 is 0 Å². The smallest absolute Gasteiger partial charge is 0.162 e. The van der Waals surface area contributed by atoms with Gasteiger partial charge in [-0.15, -0.1) is 0 Å². The van der Waals surface area contributed by atoms with Gasteiger partial charge in [-0.3, -0.25) is 5.01 Å². The molecule has 2 aliphatic heterocycles. The predicted molar refractivity (Wildman–Crippen MR) is 105 cm³/mol. The zero-order valence-corrected chi connectivity index (χ0v) is 15.1. The van der Waals surface area contributed by atoms with Gasteiger partial charge in [0, 0.05) is 18.6 Å². The Hall–Kier alpha value is -3.35. The van der Waals surface area contributed by atoms with E-state index in [2.05, 4.69) is 34.3 Å². The van der Waals surface area contributed by atoms with E-state index in [-0.39, 0.29) is 11.8 Å². The predicted octanol–water partition coefficient (Wildman–Crippen LogP) is 3.28. The summed E-state index contributed by atoms with van der Waals surface area (Å²) in [5, 5.41) is 24.9. The van der Waals surface area contributed by atoms with Crippen molar-refractivity contribution in [2.45, 2.75) is 18.8 Å². The molecule has 5 rings (SSSR count). The number of hydrogen-bond donors (Lipinski definition) is 2. The van der Waals surface area contributed by atoms with E-state index in [1.54, 1.807) is 18.5 Å². The zero-order valence-electron chi connectivity index (χ0n) is 15.1. The quantitative estimate of drug-likeness (QED) is 0.739. The van der Waals surface area contributed by atoms with E-state index in [1.807, 2.05) is 52.2 Å². The minimum atomic E-state index is -1.04. The Kier molecular flexibility index (Phi) is 4.00. The summed E-state index contributed by atoms with van der Waals surface area (Å²) in [6.07, 6.45) is 5.94. The molecule has 3 heterocycles. The molecule has 0 spiro atoms. The summed E-state index contributed by atoms with van der Waals surface area (Å²) in [7, 11) is 0. The molecule has 0 aliphatic carbocycles. The van der Waals surface area contributed by atoms with E-state index in [0.717, 1.165) is 11.1 Å². The average Bonchev–Trinajstić information content (AvgIpc) is 3.21. The largest absolute Gasteiger partial charge is 0.507 e. The van der Waals surface area contributed by atoms with Crippen molar-refractivity contribution in [1.29, 1.82) is 0 Å². The molecule has 0 saturated heterocycles. The third-order valence-electron chi connectivity index (χ3n) is 5.19. The van der Waals surface area contributed by atoms with Crippen molar-refractivity contribution < 1.29 is 10.2 Å². The van der Waals surface area contributed by atoms with Crippen molar-refractivity contribution in [2.75, 3.05) is 0 Å². The number of fused-ring (bicyclic) bond motifs is 3. The van der Waals surface area contributed by atoms with E-state index in [0.29, 0.717) is 18.2 Å². The van der Waals surface area contributed by atoms with E-state index < -0.39 is 6.10 Å². The number of rotatable bonds is 3. The lowest BCUT2D eigenvalue weighted by atomic mass is 9.98. The molecule has 6 heteroatoms. The maximum absolute atomic E-state index is 10.6. The Balaban J connectivity index is 1.69. The summed E-state index contributed by atoms with van der Waals surface area (Å²) < 4.78 is 1.98. The van der Waals surface area contributed by atoms with E-state index >= 15 is 0 Å². The lowest BCUT2D eigenvalue weighted by Gasteiger charge is -2.45. The number of hydrogen-bond acceptors (Lipinski definition) is 5. The Morgan fingerprint density at radius 3 is 2.25 bits per heavy atom. The SMILES string of the molecule is OC1=C2c3nccn3CN(C(c3ccccc3)c3ccccc3)N2C=CC1O. The van der Waals surface area contributed by atoms with Crippen molar-refractivity contribution in [3.63, 3.8) is 0 Å². The van der Waals surface area contributed by atoms with Crippen LogP contribution in [0.25, 0.3) is 5.70 Å². The van der Waals surface area contributed by atoms with E-state index in [1.165, 1.54) is 0 Å². The molecular weight excluding hydrogens is 352 g/mol. The van der Waals surface area contributed by atoms with Crippen LogP contribution in [0.3, 0.4) is 0 Å². The number of imidazole rings is 1. The zero-order chi connectivity index (χ0) is 19.1. The summed E-state index contributed by atoms with van der Waals surface area (Å²) in [6.45, 7) is 0.557. The number of hydrazine groups is 1. The molecule has 140 valence electrons. The van der Waals surface area contributed by atoms with Crippen LogP contribution in [0.15, 0.2) is 91.1 Å². The second-order valence-electron chi connectivity index (χ2n) is 6.89. The first kappa shape index (κ1) is 16.8. The van der Waals surface area contributed by atoms with Crippen LogP contribution in [0.2, 0.25) is 0 Å². The first-order valence-corrected chi connectivity index (χ1v) is 9.21. The Morgan fingerprint density at radius 1 is 0.964 bits per heavy atom. The third kappa shape index (κ3) is 2.62. The summed E-state index contributed by atoms with van der Waals surface area (Å²) >= 11 is 0. The Labute approximate surface area is 162 Å². The van der Waals surface area contributed by atoms with Gasteiger partial charge in [0.1, 0.15) is 11.8 Å². The molecule has 0 bridgehead atoms. The third-order valence-corrected chi connectivity index (χ3v) is 5.19. The molecule has 0 amide bonds. The van der Waals surface area contributed by atoms with Crippen molar-refractivity contribution in [3.8, 4) is 0 Å². The Bertz CT molecular complexity index is 1000. The maximum Gasteiger partial charge on any atom is 0.162 e. The number of aliphatic hydroxyl groups excluding tert-OH is 2. The van der Waals surface area contributed by atoms with Gasteiger partial charge in [0.25, 0.3) is 0 Å². The van der Waals surface area contributed by atoms with Gasteiger partial charge in [-0.05, 0) is 17.2 Å². The minimum absolute atomic E-state index is 0.0827. The number of aromatic nitrogens is 2. The van der Waals surface area contributed by atoms with Crippen molar-refractivity contribution >= 4 is 5.70 Å². The number of benzene rings is 2. The Morgan fingerprint density at radius 2 is 1.61 bits per heavy atom. The van der Waals surface area contributed by atoms with Gasteiger partial charge in [0.2, 0.25) is 0 Å². The number of nitrogens with zero attached hydrogens (tertiary/aromatic N) is 4. The van der Waals surface area contributed by atoms with Crippen molar-refractivity contribution in [1.82, 2.24) is 19.6 Å². The molecule has 1 aromatic heterocycles. The van der Waals surface area contributed by atoms with Crippen LogP contribution in [0, 0.1) is 0 Å². The number of aliphatic hydroxyl groups is 2. The van der Waals surface area contributed by atoms with Crippen molar-refractivity contribution in [2.24, 2.45) is 0 Å². The molecule has 0 radical (unpaired) electrons. The molecular formula is C22H20N4O2. The maximum atomic E-state index is 10.6. The molecule has 2 aliphatic rings. The normalized spacial score (nSPS) is 19.1. The summed E-state index contributed by atoms with van der Waals surface area (Å²) in [4.78, 5) is 4.40. The highest BCUT2D eigenvalue weighted by Gasteiger charge is 2.38. The molecule has 2 aromatic carbocycles. The van der Waals surface area contributed by atoms with Gasteiger partial charge < -0.3 is 14.8 Å². The topological polar surface area (TPSA) is 64.8 Å². The van der Waals surface area contributed by atoms with Gasteiger partial charge in [0.05, 0.1) is 12.7 Å². The highest BCUT2D eigenvalue weighted by Crippen LogP contribution is 2.39. The second-order valence-corrected chi connectivity index (χ2v) is 6.89. The van der Waals surface area contributed by atoms with E-state index in [4.69, 9.17) is 0 Å². The van der Waals surface area contributed by atoms with Crippen LogP contribution in [0.5, 0.6) is 0 Å². The molecule has 2 N–H and O–H groups in total. The van der Waals surface area contributed by atoms with Crippen LogP contribution >= 0.6 is 0 Å². The van der Waals surface area contributed by atoms with Crippen LogP contribution in [-0.4, -0.2) is 35.9 Å². The fourth-order valence-electron chi connectivity index (χ4n) is 3.90. The van der Waals surface area contributed by atoms with Gasteiger partial charge in [-0.2, -0.15) is 5.01 Å². The van der Waals surface area contributed by atoms with Crippen LogP contribution in [-0.2, 0) is 6.67 Å². The summed E-state index contributed by atoms with van der Waals surface area (Å²) in [6, 6.07) is 20.5. The van der Waals surface area contributed by atoms with Crippen LogP contribution in [0.1, 0.15) is 23.0 Å². The monoisotopic (exact) mass is 372 g/mol. The fraction of sp³-hybridized carbons (Fsp3) is 0.136.